The van der Waals surface area contributed by atoms with E-state index in [0.29, 0.717) is 0 Å². The van der Waals surface area contributed by atoms with E-state index in [0.717, 1.165) is 16.5 Å². The molecular formula is C21H22N4S. The zero-order valence-electron chi connectivity index (χ0n) is 15.2. The van der Waals surface area contributed by atoms with Crippen LogP contribution < -0.4 is 10.2 Å². The fourth-order valence-electron chi connectivity index (χ4n) is 3.80. The molecule has 0 unspecified atom stereocenters. The van der Waals surface area contributed by atoms with Gasteiger partial charge in [0.25, 0.3) is 0 Å². The minimum Gasteiger partial charge on any atom is -0.353 e. The van der Waals surface area contributed by atoms with Gasteiger partial charge in [0.05, 0.1) is 11.7 Å². The van der Waals surface area contributed by atoms with E-state index in [4.69, 9.17) is 12.2 Å². The van der Waals surface area contributed by atoms with Crippen LogP contribution >= 0.6 is 12.2 Å². The Morgan fingerprint density at radius 1 is 1.04 bits per heavy atom. The summed E-state index contributed by atoms with van der Waals surface area (Å²) in [6.45, 7) is 4.24. The van der Waals surface area contributed by atoms with Crippen molar-refractivity contribution in [1.29, 1.82) is 0 Å². The van der Waals surface area contributed by atoms with Gasteiger partial charge in [0.2, 0.25) is 0 Å². The summed E-state index contributed by atoms with van der Waals surface area (Å²) in [4.78, 5) is 6.82. The lowest BCUT2D eigenvalue weighted by Gasteiger charge is -2.28. The zero-order chi connectivity index (χ0) is 18.3. The molecule has 1 aliphatic rings. The summed E-state index contributed by atoms with van der Waals surface area (Å²) >= 11 is 5.76. The number of anilines is 1. The molecule has 1 saturated heterocycles. The predicted molar refractivity (Wildman–Crippen MR) is 109 cm³/mol. The van der Waals surface area contributed by atoms with Gasteiger partial charge >= 0.3 is 0 Å². The number of nitrogens with one attached hydrogen (secondary N) is 1. The number of hydrogen-bond acceptors (Lipinski definition) is 2. The first-order chi connectivity index (χ1) is 12.5. The van der Waals surface area contributed by atoms with E-state index < -0.39 is 0 Å². The van der Waals surface area contributed by atoms with Crippen LogP contribution in [0.1, 0.15) is 34.6 Å². The van der Waals surface area contributed by atoms with E-state index in [1.54, 1.807) is 0 Å². The third-order valence-corrected chi connectivity index (χ3v) is 5.18. The van der Waals surface area contributed by atoms with Gasteiger partial charge in [0.15, 0.2) is 5.11 Å². The largest absolute Gasteiger partial charge is 0.353 e. The molecule has 1 aromatic carbocycles. The first-order valence-electron chi connectivity index (χ1n) is 8.75. The van der Waals surface area contributed by atoms with Gasteiger partial charge in [-0.15, -0.1) is 0 Å². The van der Waals surface area contributed by atoms with Gasteiger partial charge in [-0.2, -0.15) is 0 Å². The van der Waals surface area contributed by atoms with Gasteiger partial charge in [-0.25, -0.2) is 0 Å². The fraction of sp³-hybridized carbons (Fsp3) is 0.238. The minimum absolute atomic E-state index is 0.00174. The Hall–Kier alpha value is -2.66. The molecule has 3 heterocycles. The molecule has 1 aliphatic heterocycles. The monoisotopic (exact) mass is 362 g/mol. The SMILES string of the molecule is Cc1cc(C)cc(N2C(=S)N[C@@H](c3ccccn3)[C@H]2c2cccn2C)c1. The van der Waals surface area contributed by atoms with Gasteiger partial charge in [-0.05, 0) is 73.6 Å². The molecular weight excluding hydrogens is 340 g/mol. The molecule has 0 spiro atoms. The Kier molecular flexibility index (Phi) is 4.24. The van der Waals surface area contributed by atoms with E-state index in [2.05, 4.69) is 83.3 Å². The van der Waals surface area contributed by atoms with Crippen molar-refractivity contribution >= 4 is 23.0 Å². The van der Waals surface area contributed by atoms with E-state index in [1.807, 2.05) is 18.3 Å². The molecule has 0 aliphatic carbocycles. The lowest BCUT2D eigenvalue weighted by Crippen LogP contribution is -2.30. The Bertz CT molecular complexity index is 927. The number of hydrogen-bond donors (Lipinski definition) is 1. The smallest absolute Gasteiger partial charge is 0.174 e. The maximum absolute atomic E-state index is 5.76. The summed E-state index contributed by atoms with van der Waals surface area (Å²) in [5.41, 5.74) is 5.77. The number of aromatic nitrogens is 2. The van der Waals surface area contributed by atoms with Crippen LogP contribution in [0.5, 0.6) is 0 Å². The van der Waals surface area contributed by atoms with Crippen molar-refractivity contribution in [3.63, 3.8) is 0 Å². The van der Waals surface area contributed by atoms with Crippen molar-refractivity contribution in [3.8, 4) is 0 Å². The van der Waals surface area contributed by atoms with Crippen LogP contribution in [-0.4, -0.2) is 14.7 Å². The molecule has 2 atom stereocenters. The highest BCUT2D eigenvalue weighted by molar-refractivity contribution is 7.80. The number of thiocarbonyl (C=S) groups is 1. The standard InChI is InChI=1S/C21H22N4S/c1-14-11-15(2)13-16(12-14)25-20(18-8-6-10-24(18)3)19(23-21(25)26)17-7-4-5-9-22-17/h4-13,19-20H,1-3H3,(H,23,26)/t19-,20+/m0/s1. The molecule has 0 amide bonds. The second-order valence-electron chi connectivity index (χ2n) is 6.89. The maximum atomic E-state index is 5.76. The van der Waals surface area contributed by atoms with Gasteiger partial charge in [0, 0.05) is 30.8 Å². The molecule has 4 nitrogen and oxygen atoms in total. The molecule has 0 radical (unpaired) electrons. The normalized spacial score (nSPS) is 19.7. The molecule has 0 bridgehead atoms. The molecule has 1 N–H and O–H groups in total. The molecule has 1 fully saturated rings. The Labute approximate surface area is 159 Å². The van der Waals surface area contributed by atoms with Crippen molar-refractivity contribution < 1.29 is 0 Å². The summed E-state index contributed by atoms with van der Waals surface area (Å²) in [6.07, 6.45) is 3.91. The number of rotatable bonds is 3. The van der Waals surface area contributed by atoms with Crippen LogP contribution in [0.3, 0.4) is 0 Å². The highest BCUT2D eigenvalue weighted by Gasteiger charge is 2.41. The summed E-state index contributed by atoms with van der Waals surface area (Å²) in [5, 5.41) is 4.24. The van der Waals surface area contributed by atoms with Crippen molar-refractivity contribution in [2.24, 2.45) is 7.05 Å². The minimum atomic E-state index is -0.00174. The number of nitrogens with zero attached hydrogens (tertiary/aromatic N) is 3. The average Bonchev–Trinajstić information content (AvgIpc) is 3.17. The topological polar surface area (TPSA) is 33.1 Å². The molecule has 4 rings (SSSR count). The average molecular weight is 363 g/mol. The summed E-state index contributed by atoms with van der Waals surface area (Å²) in [7, 11) is 2.08. The van der Waals surface area contributed by atoms with Gasteiger partial charge in [-0.3, -0.25) is 4.98 Å². The molecule has 26 heavy (non-hydrogen) atoms. The maximum Gasteiger partial charge on any atom is 0.174 e. The van der Waals surface area contributed by atoms with Crippen LogP contribution in [-0.2, 0) is 7.05 Å². The van der Waals surface area contributed by atoms with Crippen molar-refractivity contribution in [1.82, 2.24) is 14.9 Å². The van der Waals surface area contributed by atoms with Crippen molar-refractivity contribution in [2.45, 2.75) is 25.9 Å². The van der Waals surface area contributed by atoms with Gasteiger partial charge in [-0.1, -0.05) is 12.1 Å². The highest BCUT2D eigenvalue weighted by atomic mass is 32.1. The Morgan fingerprint density at radius 3 is 2.42 bits per heavy atom. The van der Waals surface area contributed by atoms with Crippen molar-refractivity contribution in [3.05, 3.63) is 83.4 Å². The third kappa shape index (κ3) is 2.88. The van der Waals surface area contributed by atoms with Crippen LogP contribution in [0, 0.1) is 13.8 Å². The lowest BCUT2D eigenvalue weighted by molar-refractivity contribution is 0.541. The summed E-state index contributed by atoms with van der Waals surface area (Å²) in [5.74, 6) is 0. The summed E-state index contributed by atoms with van der Waals surface area (Å²) < 4.78 is 2.16. The van der Waals surface area contributed by atoms with Crippen molar-refractivity contribution in [2.75, 3.05) is 4.90 Å². The molecule has 0 saturated carbocycles. The van der Waals surface area contributed by atoms with Crippen LogP contribution in [0.25, 0.3) is 0 Å². The first-order valence-corrected chi connectivity index (χ1v) is 9.15. The van der Waals surface area contributed by atoms with E-state index in [1.165, 1.54) is 16.8 Å². The van der Waals surface area contributed by atoms with Crippen LogP contribution in [0.15, 0.2) is 60.9 Å². The first kappa shape index (κ1) is 16.8. The second kappa shape index (κ2) is 6.57. The van der Waals surface area contributed by atoms with Crippen LogP contribution in [0.4, 0.5) is 5.69 Å². The highest BCUT2D eigenvalue weighted by Crippen LogP contribution is 2.41. The fourth-order valence-corrected chi connectivity index (χ4v) is 4.15. The number of aryl methyl sites for hydroxylation is 3. The van der Waals surface area contributed by atoms with E-state index in [9.17, 15) is 0 Å². The zero-order valence-corrected chi connectivity index (χ0v) is 16.0. The van der Waals surface area contributed by atoms with E-state index in [-0.39, 0.29) is 12.1 Å². The third-order valence-electron chi connectivity index (χ3n) is 4.87. The quantitative estimate of drug-likeness (QED) is 0.708. The van der Waals surface area contributed by atoms with Crippen LogP contribution in [0.2, 0.25) is 0 Å². The molecule has 132 valence electrons. The Morgan fingerprint density at radius 2 is 1.81 bits per heavy atom. The number of benzene rings is 1. The Balaban J connectivity index is 1.86. The second-order valence-corrected chi connectivity index (χ2v) is 7.27. The molecule has 5 heteroatoms. The van der Waals surface area contributed by atoms with Gasteiger partial charge < -0.3 is 14.8 Å². The molecule has 3 aromatic rings. The van der Waals surface area contributed by atoms with E-state index >= 15 is 0 Å². The summed E-state index contributed by atoms with van der Waals surface area (Å²) in [6, 6.07) is 16.9. The lowest BCUT2D eigenvalue weighted by atomic mass is 10.0. The van der Waals surface area contributed by atoms with Gasteiger partial charge in [0.1, 0.15) is 6.04 Å². The molecule has 2 aromatic heterocycles. The number of pyridine rings is 1. The predicted octanol–water partition coefficient (Wildman–Crippen LogP) is 4.21.